The Balaban J connectivity index is 1.28. The van der Waals surface area contributed by atoms with Crippen LogP contribution in [0.15, 0.2) is 18.2 Å². The van der Waals surface area contributed by atoms with Crippen molar-refractivity contribution in [3.05, 3.63) is 18.2 Å². The molecule has 6 nitrogen and oxygen atoms in total. The number of hydrogen-bond acceptors (Lipinski definition) is 6. The molecule has 0 spiro atoms. The van der Waals surface area contributed by atoms with Gasteiger partial charge in [-0.15, -0.1) is 0 Å². The quantitative estimate of drug-likeness (QED) is 0.853. The summed E-state index contributed by atoms with van der Waals surface area (Å²) >= 11 is 1.73. The summed E-state index contributed by atoms with van der Waals surface area (Å²) in [7, 11) is 1.69. The Kier molecular flexibility index (Phi) is 4.76. The first-order valence-electron chi connectivity index (χ1n) is 8.92. The number of methoxy groups -OCH3 is 1. The van der Waals surface area contributed by atoms with Gasteiger partial charge in [0.1, 0.15) is 5.75 Å². The van der Waals surface area contributed by atoms with Crippen LogP contribution in [0.3, 0.4) is 0 Å². The zero-order valence-corrected chi connectivity index (χ0v) is 15.3. The molecule has 0 radical (unpaired) electrons. The number of anilines is 1. The van der Waals surface area contributed by atoms with Crippen LogP contribution < -0.4 is 15.0 Å². The number of thiazole rings is 1. The van der Waals surface area contributed by atoms with Gasteiger partial charge in [0, 0.05) is 45.2 Å². The summed E-state index contributed by atoms with van der Waals surface area (Å²) in [5.74, 6) is 1.42. The van der Waals surface area contributed by atoms with Gasteiger partial charge in [-0.3, -0.25) is 9.69 Å². The zero-order chi connectivity index (χ0) is 17.2. The second-order valence-corrected chi connectivity index (χ2v) is 7.73. The third kappa shape index (κ3) is 3.88. The molecule has 0 bridgehead atoms. The predicted octanol–water partition coefficient (Wildman–Crippen LogP) is 1.95. The van der Waals surface area contributed by atoms with Crippen LogP contribution in [0.25, 0.3) is 10.2 Å². The van der Waals surface area contributed by atoms with E-state index in [-0.39, 0.29) is 5.91 Å². The normalized spacial score (nSPS) is 18.5. The summed E-state index contributed by atoms with van der Waals surface area (Å²) < 4.78 is 6.46. The Hall–Kier alpha value is -1.86. The minimum Gasteiger partial charge on any atom is -0.497 e. The Morgan fingerprint density at radius 1 is 1.32 bits per heavy atom. The molecule has 2 aliphatic rings. The smallest absolute Gasteiger partial charge is 0.223 e. The second kappa shape index (κ2) is 7.17. The first kappa shape index (κ1) is 16.6. The van der Waals surface area contributed by atoms with Crippen LogP contribution in [0.5, 0.6) is 5.75 Å². The van der Waals surface area contributed by atoms with Gasteiger partial charge in [0.05, 0.1) is 17.3 Å². The molecule has 2 fully saturated rings. The Morgan fingerprint density at radius 2 is 2.12 bits per heavy atom. The average molecular weight is 360 g/mol. The third-order valence-corrected chi connectivity index (χ3v) is 5.98. The molecule has 1 amide bonds. The Morgan fingerprint density at radius 3 is 2.84 bits per heavy atom. The number of rotatable bonds is 6. The molecular weight excluding hydrogens is 336 g/mol. The maximum Gasteiger partial charge on any atom is 0.223 e. The molecule has 2 aromatic rings. The monoisotopic (exact) mass is 360 g/mol. The molecule has 1 aliphatic carbocycles. The van der Waals surface area contributed by atoms with E-state index in [9.17, 15) is 4.79 Å². The number of fused-ring (bicyclic) bond motifs is 1. The third-order valence-electron chi connectivity index (χ3n) is 4.90. The van der Waals surface area contributed by atoms with Crippen LogP contribution in [0.1, 0.15) is 12.8 Å². The van der Waals surface area contributed by atoms with Crippen molar-refractivity contribution in [2.24, 2.45) is 5.92 Å². The summed E-state index contributed by atoms with van der Waals surface area (Å²) in [4.78, 5) is 21.2. The van der Waals surface area contributed by atoms with Crippen molar-refractivity contribution in [1.82, 2.24) is 15.2 Å². The SMILES string of the molecule is COc1ccc2nc(N3CCN(CCNC(=O)C4CC4)CC3)sc2c1. The molecule has 1 aromatic heterocycles. The van der Waals surface area contributed by atoms with E-state index < -0.39 is 0 Å². The van der Waals surface area contributed by atoms with Crippen LogP contribution in [0, 0.1) is 5.92 Å². The van der Waals surface area contributed by atoms with E-state index in [0.717, 1.165) is 68.5 Å². The van der Waals surface area contributed by atoms with E-state index in [1.807, 2.05) is 12.1 Å². The van der Waals surface area contributed by atoms with Crippen molar-refractivity contribution in [2.75, 3.05) is 51.3 Å². The minimum absolute atomic E-state index is 0.239. The minimum atomic E-state index is 0.239. The molecule has 25 heavy (non-hydrogen) atoms. The summed E-state index contributed by atoms with van der Waals surface area (Å²) in [6, 6.07) is 6.03. The van der Waals surface area contributed by atoms with Crippen molar-refractivity contribution in [3.8, 4) is 5.75 Å². The summed E-state index contributed by atoms with van der Waals surface area (Å²) in [5.41, 5.74) is 1.03. The molecule has 7 heteroatoms. The van der Waals surface area contributed by atoms with Crippen LogP contribution in [0.2, 0.25) is 0 Å². The fourth-order valence-corrected chi connectivity index (χ4v) is 4.19. The summed E-state index contributed by atoms with van der Waals surface area (Å²) in [6.07, 6.45) is 2.14. The summed E-state index contributed by atoms with van der Waals surface area (Å²) in [5, 5.41) is 4.13. The highest BCUT2D eigenvalue weighted by Crippen LogP contribution is 2.32. The van der Waals surface area contributed by atoms with E-state index in [1.165, 1.54) is 4.70 Å². The maximum absolute atomic E-state index is 11.7. The molecule has 1 aromatic carbocycles. The average Bonchev–Trinajstić information content (AvgIpc) is 3.41. The summed E-state index contributed by atoms with van der Waals surface area (Å²) in [6.45, 7) is 5.68. The first-order valence-corrected chi connectivity index (χ1v) is 9.74. The van der Waals surface area contributed by atoms with Gasteiger partial charge in [-0.2, -0.15) is 0 Å². The van der Waals surface area contributed by atoms with Gasteiger partial charge >= 0.3 is 0 Å². The van der Waals surface area contributed by atoms with E-state index in [4.69, 9.17) is 9.72 Å². The topological polar surface area (TPSA) is 57.7 Å². The fraction of sp³-hybridized carbons (Fsp3) is 0.556. The van der Waals surface area contributed by atoms with Crippen molar-refractivity contribution >= 4 is 32.6 Å². The lowest BCUT2D eigenvalue weighted by atomic mass is 10.3. The zero-order valence-electron chi connectivity index (χ0n) is 14.5. The number of aromatic nitrogens is 1. The van der Waals surface area contributed by atoms with Gasteiger partial charge in [-0.25, -0.2) is 4.98 Å². The molecule has 4 rings (SSSR count). The number of nitrogens with one attached hydrogen (secondary N) is 1. The van der Waals surface area contributed by atoms with Gasteiger partial charge in [0.2, 0.25) is 5.91 Å². The lowest BCUT2D eigenvalue weighted by Crippen LogP contribution is -2.48. The number of ether oxygens (including phenoxy) is 1. The van der Waals surface area contributed by atoms with Gasteiger partial charge < -0.3 is 15.0 Å². The number of amides is 1. The molecule has 2 heterocycles. The molecule has 1 aliphatic heterocycles. The molecular formula is C18H24N4O2S. The van der Waals surface area contributed by atoms with Crippen LogP contribution >= 0.6 is 11.3 Å². The number of carbonyl (C=O) groups excluding carboxylic acids is 1. The maximum atomic E-state index is 11.7. The molecule has 1 N–H and O–H groups in total. The highest BCUT2D eigenvalue weighted by atomic mass is 32.1. The van der Waals surface area contributed by atoms with Gasteiger partial charge in [0.15, 0.2) is 5.13 Å². The first-order chi connectivity index (χ1) is 12.2. The Labute approximate surface area is 151 Å². The number of hydrogen-bond donors (Lipinski definition) is 1. The van der Waals surface area contributed by atoms with E-state index >= 15 is 0 Å². The van der Waals surface area contributed by atoms with E-state index in [0.29, 0.717) is 5.92 Å². The highest BCUT2D eigenvalue weighted by Gasteiger charge is 2.29. The molecule has 1 saturated carbocycles. The van der Waals surface area contributed by atoms with Gasteiger partial charge in [0.25, 0.3) is 0 Å². The Bertz CT molecular complexity index is 751. The largest absolute Gasteiger partial charge is 0.497 e. The molecule has 0 atom stereocenters. The predicted molar refractivity (Wildman–Crippen MR) is 101 cm³/mol. The lowest BCUT2D eigenvalue weighted by Gasteiger charge is -2.34. The fourth-order valence-electron chi connectivity index (χ4n) is 3.14. The number of carbonyl (C=O) groups is 1. The van der Waals surface area contributed by atoms with Crippen molar-refractivity contribution in [2.45, 2.75) is 12.8 Å². The number of nitrogens with zero attached hydrogens (tertiary/aromatic N) is 3. The van der Waals surface area contributed by atoms with E-state index in [1.54, 1.807) is 18.4 Å². The van der Waals surface area contributed by atoms with Crippen molar-refractivity contribution in [1.29, 1.82) is 0 Å². The standard InChI is InChI=1S/C18H24N4O2S/c1-24-14-4-5-15-16(12-14)25-18(20-15)22-10-8-21(9-11-22)7-6-19-17(23)13-2-3-13/h4-5,12-13H,2-3,6-11H2,1H3,(H,19,23). The van der Waals surface area contributed by atoms with Crippen LogP contribution in [0.4, 0.5) is 5.13 Å². The molecule has 0 unspecified atom stereocenters. The van der Waals surface area contributed by atoms with Crippen molar-refractivity contribution in [3.63, 3.8) is 0 Å². The van der Waals surface area contributed by atoms with Crippen LogP contribution in [-0.2, 0) is 4.79 Å². The number of benzene rings is 1. The van der Waals surface area contributed by atoms with E-state index in [2.05, 4.69) is 21.2 Å². The molecule has 134 valence electrons. The highest BCUT2D eigenvalue weighted by molar-refractivity contribution is 7.22. The van der Waals surface area contributed by atoms with Gasteiger partial charge in [-0.05, 0) is 31.0 Å². The second-order valence-electron chi connectivity index (χ2n) is 6.72. The lowest BCUT2D eigenvalue weighted by molar-refractivity contribution is -0.122. The molecule has 1 saturated heterocycles. The number of piperazine rings is 1. The van der Waals surface area contributed by atoms with Gasteiger partial charge in [-0.1, -0.05) is 11.3 Å². The van der Waals surface area contributed by atoms with Crippen molar-refractivity contribution < 1.29 is 9.53 Å². The van der Waals surface area contributed by atoms with Crippen LogP contribution in [-0.4, -0.2) is 62.2 Å².